The van der Waals surface area contributed by atoms with E-state index in [9.17, 15) is 14.7 Å². The summed E-state index contributed by atoms with van der Waals surface area (Å²) in [6, 6.07) is 26.3. The number of aromatic nitrogens is 1. The molecule has 1 aromatic heterocycles. The third-order valence-electron chi connectivity index (χ3n) is 5.52. The lowest BCUT2D eigenvalue weighted by atomic mass is 9.97. The molecule has 166 valence electrons. The summed E-state index contributed by atoms with van der Waals surface area (Å²) in [5.74, 6) is -1.09. The molecule has 0 aliphatic heterocycles. The van der Waals surface area contributed by atoms with Crippen molar-refractivity contribution in [3.05, 3.63) is 108 Å². The van der Waals surface area contributed by atoms with Gasteiger partial charge in [-0.1, -0.05) is 78.9 Å². The normalized spacial score (nSPS) is 12.8. The van der Waals surface area contributed by atoms with Crippen LogP contribution in [0.5, 0.6) is 0 Å². The Balaban J connectivity index is 1.67. The van der Waals surface area contributed by atoms with Crippen LogP contribution in [0.3, 0.4) is 0 Å². The number of pyridine rings is 1. The molecule has 0 spiro atoms. The Labute approximate surface area is 192 Å². The first kappa shape index (κ1) is 22.2. The lowest BCUT2D eigenvalue weighted by Crippen LogP contribution is -2.36. The number of rotatable bonds is 9. The maximum Gasteiger partial charge on any atom is 0.326 e. The van der Waals surface area contributed by atoms with Crippen LogP contribution in [-0.4, -0.2) is 33.9 Å². The molecule has 0 radical (unpaired) electrons. The van der Waals surface area contributed by atoms with Crippen molar-refractivity contribution in [2.75, 3.05) is 5.32 Å². The van der Waals surface area contributed by atoms with Gasteiger partial charge in [0.15, 0.2) is 5.78 Å². The highest BCUT2D eigenvalue weighted by atomic mass is 16.4. The van der Waals surface area contributed by atoms with Gasteiger partial charge in [-0.15, -0.1) is 0 Å². The lowest BCUT2D eigenvalue weighted by molar-refractivity contribution is -0.137. The van der Waals surface area contributed by atoms with E-state index in [1.54, 1.807) is 6.07 Å². The average Bonchev–Trinajstić information content (AvgIpc) is 2.84. The number of para-hydroxylation sites is 1. The third-order valence-corrected chi connectivity index (χ3v) is 5.52. The Morgan fingerprint density at radius 1 is 0.848 bits per heavy atom. The molecule has 0 aliphatic rings. The first-order chi connectivity index (χ1) is 16.0. The zero-order valence-electron chi connectivity index (χ0n) is 18.0. The fraction of sp³-hybridized carbons (Fsp3) is 0.148. The Kier molecular flexibility index (Phi) is 6.76. The molecule has 33 heavy (non-hydrogen) atoms. The lowest BCUT2D eigenvalue weighted by Gasteiger charge is -2.19. The molecule has 0 fully saturated rings. The van der Waals surface area contributed by atoms with Crippen molar-refractivity contribution < 1.29 is 14.7 Å². The molecule has 0 aliphatic carbocycles. The van der Waals surface area contributed by atoms with Crippen molar-refractivity contribution >= 4 is 28.5 Å². The number of carboxylic acid groups (broad SMARTS) is 1. The van der Waals surface area contributed by atoms with Crippen molar-refractivity contribution in [3.63, 3.8) is 0 Å². The zero-order chi connectivity index (χ0) is 23.2. The number of fused-ring (bicyclic) bond motifs is 1. The number of carbonyl (C=O) groups is 2. The molecule has 6 heteroatoms. The molecule has 2 atom stereocenters. The van der Waals surface area contributed by atoms with E-state index in [0.29, 0.717) is 11.9 Å². The zero-order valence-corrected chi connectivity index (χ0v) is 18.0. The van der Waals surface area contributed by atoms with Crippen LogP contribution in [0, 0.1) is 0 Å². The molecule has 3 aromatic carbocycles. The van der Waals surface area contributed by atoms with Gasteiger partial charge in [-0.3, -0.25) is 4.79 Å². The molecule has 0 saturated carbocycles. The molecule has 4 rings (SSSR count). The Morgan fingerprint density at radius 2 is 1.42 bits per heavy atom. The summed E-state index contributed by atoms with van der Waals surface area (Å²) in [6.07, 6.45) is 0.618. The highest BCUT2D eigenvalue weighted by molar-refractivity contribution is 6.06. The summed E-state index contributed by atoms with van der Waals surface area (Å²) < 4.78 is 0. The number of hydrogen-bond donors (Lipinski definition) is 3. The van der Waals surface area contributed by atoms with Gasteiger partial charge in [0.25, 0.3) is 0 Å². The number of ketones is 1. The number of hydrogen-bond acceptors (Lipinski definition) is 5. The molecule has 0 unspecified atom stereocenters. The van der Waals surface area contributed by atoms with Gasteiger partial charge in [0.1, 0.15) is 11.9 Å². The van der Waals surface area contributed by atoms with Crippen molar-refractivity contribution in [2.24, 2.45) is 5.73 Å². The van der Waals surface area contributed by atoms with Gasteiger partial charge in [0, 0.05) is 11.8 Å². The first-order valence-electron chi connectivity index (χ1n) is 10.8. The van der Waals surface area contributed by atoms with Crippen molar-refractivity contribution in [1.29, 1.82) is 0 Å². The number of anilines is 1. The second-order valence-electron chi connectivity index (χ2n) is 7.96. The molecule has 4 aromatic rings. The van der Waals surface area contributed by atoms with Crippen molar-refractivity contribution in [2.45, 2.75) is 24.9 Å². The minimum Gasteiger partial charge on any atom is -0.480 e. The van der Waals surface area contributed by atoms with Gasteiger partial charge in [-0.05, 0) is 29.7 Å². The average molecular weight is 440 g/mol. The summed E-state index contributed by atoms with van der Waals surface area (Å²) in [5, 5.41) is 13.6. The van der Waals surface area contributed by atoms with Crippen LogP contribution in [0.25, 0.3) is 10.9 Å². The highest BCUT2D eigenvalue weighted by Crippen LogP contribution is 2.24. The molecular weight excluding hydrogens is 414 g/mol. The highest BCUT2D eigenvalue weighted by Gasteiger charge is 2.25. The second kappa shape index (κ2) is 10.1. The van der Waals surface area contributed by atoms with Crippen LogP contribution in [-0.2, 0) is 17.6 Å². The number of carbonyl (C=O) groups excluding carboxylic acids is 1. The maximum atomic E-state index is 13.4. The number of nitrogens with two attached hydrogens (primary N) is 1. The summed E-state index contributed by atoms with van der Waals surface area (Å²) in [4.78, 5) is 30.0. The standard InChI is InChI=1S/C27H25N3O3/c28-22(15-18-9-3-1-4-10-18)25(31)21-17-20-13-7-8-14-23(20)29-26(21)30-24(27(32)33)16-19-11-5-2-6-12-19/h1-14,17,22,24H,15-16,28H2,(H,29,30)(H,32,33)/t22-,24-/m0/s1. The summed E-state index contributed by atoms with van der Waals surface area (Å²) >= 11 is 0. The quantitative estimate of drug-likeness (QED) is 0.339. The SMILES string of the molecule is N[C@@H](Cc1ccccc1)C(=O)c1cc2ccccc2nc1N[C@@H](Cc1ccccc1)C(=O)O. The van der Waals surface area contributed by atoms with Crippen LogP contribution in [0.4, 0.5) is 5.82 Å². The van der Waals surface area contributed by atoms with E-state index in [4.69, 9.17) is 5.73 Å². The predicted molar refractivity (Wildman–Crippen MR) is 129 cm³/mol. The van der Waals surface area contributed by atoms with Crippen LogP contribution < -0.4 is 11.1 Å². The number of nitrogens with zero attached hydrogens (tertiary/aromatic N) is 1. The second-order valence-corrected chi connectivity index (χ2v) is 7.96. The monoisotopic (exact) mass is 439 g/mol. The van der Waals surface area contributed by atoms with Gasteiger partial charge in [0.05, 0.1) is 17.1 Å². The Morgan fingerprint density at radius 3 is 2.06 bits per heavy atom. The van der Waals surface area contributed by atoms with Gasteiger partial charge >= 0.3 is 5.97 Å². The van der Waals surface area contributed by atoms with E-state index < -0.39 is 18.1 Å². The summed E-state index contributed by atoms with van der Waals surface area (Å²) in [6.45, 7) is 0. The van der Waals surface area contributed by atoms with E-state index in [1.807, 2.05) is 84.9 Å². The number of aliphatic carboxylic acids is 1. The van der Waals surface area contributed by atoms with E-state index in [0.717, 1.165) is 16.5 Å². The number of Topliss-reactive ketones (excluding diaryl/α,β-unsaturated/α-hetero) is 1. The van der Waals surface area contributed by atoms with Crippen LogP contribution in [0.15, 0.2) is 91.0 Å². The van der Waals surface area contributed by atoms with Gasteiger partial charge in [0.2, 0.25) is 0 Å². The van der Waals surface area contributed by atoms with E-state index >= 15 is 0 Å². The topological polar surface area (TPSA) is 105 Å². The largest absolute Gasteiger partial charge is 0.480 e. The van der Waals surface area contributed by atoms with E-state index in [-0.39, 0.29) is 23.6 Å². The molecule has 0 saturated heterocycles. The first-order valence-corrected chi connectivity index (χ1v) is 10.8. The Bertz CT molecular complexity index is 1260. The van der Waals surface area contributed by atoms with E-state index in [1.165, 1.54) is 0 Å². The molecule has 6 nitrogen and oxygen atoms in total. The van der Waals surface area contributed by atoms with Crippen molar-refractivity contribution in [3.8, 4) is 0 Å². The van der Waals surface area contributed by atoms with Crippen LogP contribution in [0.1, 0.15) is 21.5 Å². The molecule has 0 amide bonds. The molecule has 0 bridgehead atoms. The summed E-state index contributed by atoms with van der Waals surface area (Å²) in [5.41, 5.74) is 9.06. The van der Waals surface area contributed by atoms with E-state index in [2.05, 4.69) is 10.3 Å². The predicted octanol–water partition coefficient (Wildman–Crippen LogP) is 4.10. The van der Waals surface area contributed by atoms with Crippen molar-refractivity contribution in [1.82, 2.24) is 4.98 Å². The fourth-order valence-corrected chi connectivity index (χ4v) is 3.79. The van der Waals surface area contributed by atoms with Crippen LogP contribution in [0.2, 0.25) is 0 Å². The third kappa shape index (κ3) is 5.42. The molecule has 4 N–H and O–H groups in total. The minimum atomic E-state index is -1.03. The minimum absolute atomic E-state index is 0.227. The Hall–Kier alpha value is -4.03. The molecule has 1 heterocycles. The summed E-state index contributed by atoms with van der Waals surface area (Å²) in [7, 11) is 0. The van der Waals surface area contributed by atoms with Gasteiger partial charge in [-0.25, -0.2) is 9.78 Å². The number of nitrogens with one attached hydrogen (secondary N) is 1. The number of benzene rings is 3. The van der Waals surface area contributed by atoms with Gasteiger partial charge < -0.3 is 16.2 Å². The smallest absolute Gasteiger partial charge is 0.326 e. The van der Waals surface area contributed by atoms with Gasteiger partial charge in [-0.2, -0.15) is 0 Å². The molecular formula is C27H25N3O3. The van der Waals surface area contributed by atoms with Crippen LogP contribution >= 0.6 is 0 Å². The number of carboxylic acids is 1. The maximum absolute atomic E-state index is 13.4. The fourth-order valence-electron chi connectivity index (χ4n) is 3.79.